The van der Waals surface area contributed by atoms with Gasteiger partial charge in [-0.15, -0.1) is 5.01 Å². The first-order valence-corrected chi connectivity index (χ1v) is 13.5. The summed E-state index contributed by atoms with van der Waals surface area (Å²) in [5.74, 6) is 0.869. The molecular formula is C22H30N3O6S2+. The van der Waals surface area contributed by atoms with Crippen LogP contribution in [0.25, 0.3) is 6.08 Å². The molecule has 0 saturated carbocycles. The number of carbonyl (C=O) groups is 2. The molecule has 0 amide bonds. The third kappa shape index (κ3) is 9.55. The maximum atomic E-state index is 12.0. The molecule has 0 aliphatic carbocycles. The van der Waals surface area contributed by atoms with E-state index in [1.54, 1.807) is 35.4 Å². The molecule has 9 nitrogen and oxygen atoms in total. The Morgan fingerprint density at radius 2 is 2.00 bits per heavy atom. The van der Waals surface area contributed by atoms with Gasteiger partial charge in [0.15, 0.2) is 0 Å². The molecule has 180 valence electrons. The highest BCUT2D eigenvalue weighted by Crippen LogP contribution is 2.39. The number of unbranched alkanes of at least 4 members (excludes halogenated alkanes) is 1. The van der Waals surface area contributed by atoms with Crippen LogP contribution in [-0.4, -0.2) is 58.0 Å². The second kappa shape index (κ2) is 14.0. The molecule has 0 spiro atoms. The van der Waals surface area contributed by atoms with Gasteiger partial charge in [-0.2, -0.15) is 0 Å². The molecule has 0 aromatic heterocycles. The lowest BCUT2D eigenvalue weighted by Crippen LogP contribution is -2.29. The van der Waals surface area contributed by atoms with Gasteiger partial charge in [-0.3, -0.25) is 9.63 Å². The molecule has 2 heterocycles. The van der Waals surface area contributed by atoms with E-state index >= 15 is 0 Å². The van der Waals surface area contributed by atoms with Crippen LogP contribution in [0.4, 0.5) is 0 Å². The number of esters is 2. The van der Waals surface area contributed by atoms with Crippen LogP contribution >= 0.6 is 21.6 Å². The van der Waals surface area contributed by atoms with Crippen molar-refractivity contribution in [3.05, 3.63) is 35.9 Å². The Morgan fingerprint density at radius 3 is 2.73 bits per heavy atom. The van der Waals surface area contributed by atoms with E-state index in [2.05, 4.69) is 5.28 Å². The standard InChI is InChI=1S/C22H30N3O6S2/c26-21(29-17-30-23-25(28)24-14-3-4-15-24)12-9-18-7-10-19(11-8-18)31-22(27)6-2-1-5-20-13-16-32-33-20/h7-12,20H,1-6,13-17H2,(H,23,28)/q+1/b12-9+/t20-/m1/s1. The maximum absolute atomic E-state index is 12.0. The minimum Gasteiger partial charge on any atom is -0.427 e. The molecule has 2 aliphatic rings. The number of hydrogen-bond donors (Lipinski definition) is 1. The summed E-state index contributed by atoms with van der Waals surface area (Å²) in [6.07, 6.45) is 9.52. The molecule has 1 N–H and O–H groups in total. The quantitative estimate of drug-likeness (QED) is 0.0511. The van der Waals surface area contributed by atoms with Gasteiger partial charge in [0.05, 0.1) is 13.1 Å². The monoisotopic (exact) mass is 496 g/mol. The number of hydrazine groups is 1. The van der Waals surface area contributed by atoms with Crippen molar-refractivity contribution in [2.24, 2.45) is 5.28 Å². The molecular weight excluding hydrogens is 466 g/mol. The van der Waals surface area contributed by atoms with Crippen LogP contribution in [-0.2, 0) is 19.2 Å². The van der Waals surface area contributed by atoms with Gasteiger partial charge in [0.25, 0.3) is 17.0 Å². The first-order chi connectivity index (χ1) is 16.1. The van der Waals surface area contributed by atoms with Crippen molar-refractivity contribution in [3.8, 4) is 5.75 Å². The van der Waals surface area contributed by atoms with Gasteiger partial charge < -0.3 is 9.47 Å². The number of rotatable bonds is 12. The molecule has 2 fully saturated rings. The minimum absolute atomic E-state index is 0.230. The zero-order valence-electron chi connectivity index (χ0n) is 18.5. The smallest absolute Gasteiger partial charge is 0.333 e. The molecule has 0 unspecified atom stereocenters. The van der Waals surface area contributed by atoms with Crippen LogP contribution in [0.3, 0.4) is 0 Å². The van der Waals surface area contributed by atoms with Crippen molar-refractivity contribution < 1.29 is 34.1 Å². The lowest BCUT2D eigenvalue weighted by molar-refractivity contribution is -0.939. The molecule has 1 atom stereocenters. The summed E-state index contributed by atoms with van der Waals surface area (Å²) < 4.78 is 10.2. The van der Waals surface area contributed by atoms with Crippen molar-refractivity contribution >= 4 is 39.6 Å². The van der Waals surface area contributed by atoms with Gasteiger partial charge in [-0.05, 0) is 55.9 Å². The first kappa shape index (κ1) is 25.2. The molecule has 0 radical (unpaired) electrons. The van der Waals surface area contributed by atoms with Crippen LogP contribution in [0.15, 0.2) is 35.6 Å². The first-order valence-electron chi connectivity index (χ1n) is 11.1. The highest BCUT2D eigenvalue weighted by molar-refractivity contribution is 8.77. The van der Waals surface area contributed by atoms with Crippen molar-refractivity contribution in [3.63, 3.8) is 0 Å². The van der Waals surface area contributed by atoms with E-state index in [4.69, 9.17) is 14.3 Å². The van der Waals surface area contributed by atoms with E-state index in [1.807, 2.05) is 21.6 Å². The number of benzene rings is 1. The molecule has 1 aromatic carbocycles. The predicted molar refractivity (Wildman–Crippen MR) is 125 cm³/mol. The zero-order chi connectivity index (χ0) is 23.3. The van der Waals surface area contributed by atoms with Gasteiger partial charge in [0.2, 0.25) is 0 Å². The van der Waals surface area contributed by atoms with E-state index in [9.17, 15) is 14.8 Å². The SMILES string of the molecule is O=C(/C=C/c1ccc(OC(=O)CCCC[C@@H]2CCSS2)cc1)OCO/N=[N+](\O)N1CCCC1. The van der Waals surface area contributed by atoms with Crippen LogP contribution in [0, 0.1) is 0 Å². The van der Waals surface area contributed by atoms with E-state index in [-0.39, 0.29) is 5.97 Å². The second-order valence-corrected chi connectivity index (χ2v) is 10.5. The molecule has 1 aromatic rings. The highest BCUT2D eigenvalue weighted by atomic mass is 33.1. The Labute approximate surface area is 201 Å². The predicted octanol–water partition coefficient (Wildman–Crippen LogP) is 4.62. The van der Waals surface area contributed by atoms with Crippen molar-refractivity contribution in [2.75, 3.05) is 25.6 Å². The lowest BCUT2D eigenvalue weighted by atomic mass is 10.1. The van der Waals surface area contributed by atoms with Crippen LogP contribution in [0.5, 0.6) is 5.75 Å². The Hall–Kier alpha value is -2.40. The molecule has 3 rings (SSSR count). The average Bonchev–Trinajstić information content (AvgIpc) is 3.53. The van der Waals surface area contributed by atoms with Crippen molar-refractivity contribution in [1.29, 1.82) is 0 Å². The summed E-state index contributed by atoms with van der Waals surface area (Å²) in [4.78, 5) is 29.2. The Kier molecular flexibility index (Phi) is 10.7. The molecule has 2 aliphatic heterocycles. The maximum Gasteiger partial charge on any atom is 0.333 e. The molecule has 2 saturated heterocycles. The van der Waals surface area contributed by atoms with Gasteiger partial charge in [-0.1, -0.05) is 40.1 Å². The fourth-order valence-corrected chi connectivity index (χ4v) is 6.37. The van der Waals surface area contributed by atoms with Gasteiger partial charge in [0, 0.05) is 23.5 Å². The van der Waals surface area contributed by atoms with Crippen LogP contribution < -0.4 is 4.74 Å². The number of ether oxygens (including phenoxy) is 2. The summed E-state index contributed by atoms with van der Waals surface area (Å²) in [5, 5.41) is 15.4. The zero-order valence-corrected chi connectivity index (χ0v) is 20.1. The summed E-state index contributed by atoms with van der Waals surface area (Å²) >= 11 is 0. The summed E-state index contributed by atoms with van der Waals surface area (Å²) in [6, 6.07) is 6.86. The Morgan fingerprint density at radius 1 is 1.21 bits per heavy atom. The number of hydrogen-bond acceptors (Lipinski definition) is 8. The van der Waals surface area contributed by atoms with Crippen molar-refractivity contribution in [2.45, 2.75) is 50.2 Å². The van der Waals surface area contributed by atoms with E-state index in [0.29, 0.717) is 30.2 Å². The van der Waals surface area contributed by atoms with Crippen LogP contribution in [0.2, 0.25) is 0 Å². The molecule has 0 bridgehead atoms. The Bertz CT molecular complexity index is 822. The van der Waals surface area contributed by atoms with Crippen LogP contribution in [0.1, 0.15) is 50.5 Å². The van der Waals surface area contributed by atoms with E-state index < -0.39 is 12.8 Å². The van der Waals surface area contributed by atoms with Gasteiger partial charge in [0.1, 0.15) is 5.75 Å². The van der Waals surface area contributed by atoms with Crippen molar-refractivity contribution in [1.82, 2.24) is 5.01 Å². The third-order valence-corrected chi connectivity index (χ3v) is 8.13. The van der Waals surface area contributed by atoms with Gasteiger partial charge >= 0.3 is 11.9 Å². The average molecular weight is 497 g/mol. The number of nitrogens with zero attached hydrogens (tertiary/aromatic N) is 3. The third-order valence-electron chi connectivity index (χ3n) is 5.13. The Balaban J connectivity index is 1.29. The second-order valence-electron chi connectivity index (χ2n) is 7.67. The van der Waals surface area contributed by atoms with E-state index in [0.717, 1.165) is 42.9 Å². The number of carbonyl (C=O) groups excluding carboxylic acids is 2. The highest BCUT2D eigenvalue weighted by Gasteiger charge is 2.23. The molecule has 11 heteroatoms. The van der Waals surface area contributed by atoms with Gasteiger partial charge in [-0.25, -0.2) is 10.0 Å². The van der Waals surface area contributed by atoms with E-state index in [1.165, 1.54) is 18.2 Å². The topological polar surface area (TPSA) is 101 Å². The fraction of sp³-hybridized carbons (Fsp3) is 0.545. The normalized spacial score (nSPS) is 18.6. The minimum atomic E-state index is -0.610. The summed E-state index contributed by atoms with van der Waals surface area (Å²) in [5.41, 5.74) is 0.750. The largest absolute Gasteiger partial charge is 0.427 e. The fourth-order valence-electron chi connectivity index (χ4n) is 3.34. The summed E-state index contributed by atoms with van der Waals surface area (Å²) in [7, 11) is 3.90. The summed E-state index contributed by atoms with van der Waals surface area (Å²) in [6.45, 7) is 0.979. The molecule has 33 heavy (non-hydrogen) atoms. The lowest BCUT2D eigenvalue weighted by Gasteiger charge is -2.07.